The molecule has 1 aromatic carbocycles. The van der Waals surface area contributed by atoms with Crippen LogP contribution in [0.5, 0.6) is 0 Å². The molecule has 0 aliphatic heterocycles. The zero-order chi connectivity index (χ0) is 13.8. The smallest absolute Gasteiger partial charge is 0.316 e. The molecule has 0 atom stereocenters. The monoisotopic (exact) mass is 270 g/mol. The van der Waals surface area contributed by atoms with Crippen LogP contribution >= 0.6 is 11.8 Å². The van der Waals surface area contributed by atoms with Crippen molar-refractivity contribution >= 4 is 24.0 Å². The molecule has 0 bridgehead atoms. The molecule has 0 N–H and O–H groups in total. The molecule has 0 saturated carbocycles. The quantitative estimate of drug-likeness (QED) is 0.479. The largest absolute Gasteiger partial charge is 0.459 e. The fraction of sp³-hybridized carbons (Fsp3) is 0.385. The summed E-state index contributed by atoms with van der Waals surface area (Å²) in [6.07, 6.45) is 0.570. The molecule has 0 fully saturated rings. The van der Waals surface area contributed by atoms with E-state index in [1.54, 1.807) is 20.8 Å². The number of hydrogen-bond donors (Lipinski definition) is 0. The van der Waals surface area contributed by atoms with Crippen molar-refractivity contribution in [2.75, 3.05) is 5.75 Å². The van der Waals surface area contributed by atoms with Crippen molar-refractivity contribution in [3.8, 4) is 0 Å². The van der Waals surface area contributed by atoms with Gasteiger partial charge >= 0.3 is 5.97 Å². The number of ether oxygens (including phenoxy) is 1. The van der Waals surface area contributed by atoms with Crippen LogP contribution < -0.4 is 0 Å². The molecule has 0 radical (unpaired) electrons. The fourth-order valence-corrected chi connectivity index (χ4v) is 2.02. The Morgan fingerprint density at radius 3 is 2.67 bits per heavy atom. The van der Waals surface area contributed by atoms with E-state index in [1.807, 2.05) is 0 Å². The second-order valence-electron chi connectivity index (χ2n) is 4.68. The maximum atomic E-state index is 12.9. The van der Waals surface area contributed by atoms with Crippen LogP contribution in [0.15, 0.2) is 23.1 Å². The van der Waals surface area contributed by atoms with E-state index in [2.05, 4.69) is 0 Å². The molecule has 0 spiro atoms. The van der Waals surface area contributed by atoms with Gasteiger partial charge in [-0.15, -0.1) is 11.8 Å². The minimum Gasteiger partial charge on any atom is -0.459 e. The van der Waals surface area contributed by atoms with E-state index >= 15 is 0 Å². The average molecular weight is 270 g/mol. The van der Waals surface area contributed by atoms with Crippen LogP contribution in [0.1, 0.15) is 31.1 Å². The van der Waals surface area contributed by atoms with Gasteiger partial charge in [-0.2, -0.15) is 0 Å². The first-order chi connectivity index (χ1) is 8.31. The minimum absolute atomic E-state index is 0.0870. The number of esters is 1. The minimum atomic E-state index is -0.534. The third kappa shape index (κ3) is 4.87. The molecule has 1 aromatic rings. The summed E-state index contributed by atoms with van der Waals surface area (Å²) in [6.45, 7) is 5.35. The normalized spacial score (nSPS) is 11.1. The first-order valence-electron chi connectivity index (χ1n) is 5.41. The summed E-state index contributed by atoms with van der Waals surface area (Å²) in [5, 5.41) is 0. The summed E-state index contributed by atoms with van der Waals surface area (Å²) in [6, 6.07) is 3.88. The lowest BCUT2D eigenvalue weighted by molar-refractivity contribution is -0.151. The molecule has 0 saturated heterocycles. The first kappa shape index (κ1) is 14.7. The van der Waals surface area contributed by atoms with Gasteiger partial charge in [0.1, 0.15) is 11.4 Å². The molecule has 18 heavy (non-hydrogen) atoms. The molecule has 3 nitrogen and oxygen atoms in total. The van der Waals surface area contributed by atoms with Crippen LogP contribution in [-0.2, 0) is 9.53 Å². The highest BCUT2D eigenvalue weighted by Gasteiger charge is 2.16. The molecule has 5 heteroatoms. The third-order valence-electron chi connectivity index (χ3n) is 1.86. The van der Waals surface area contributed by atoms with Crippen molar-refractivity contribution in [3.05, 3.63) is 29.6 Å². The summed E-state index contributed by atoms with van der Waals surface area (Å²) in [5.74, 6) is -0.753. The Labute approximate surface area is 110 Å². The van der Waals surface area contributed by atoms with E-state index in [-0.39, 0.29) is 17.3 Å². The number of carbonyl (C=O) groups excluding carboxylic acids is 2. The molecule has 0 unspecified atom stereocenters. The van der Waals surface area contributed by atoms with E-state index in [9.17, 15) is 14.0 Å². The summed E-state index contributed by atoms with van der Waals surface area (Å²) < 4.78 is 18.0. The van der Waals surface area contributed by atoms with Gasteiger partial charge in [0, 0.05) is 10.5 Å². The van der Waals surface area contributed by atoms with E-state index < -0.39 is 11.4 Å². The van der Waals surface area contributed by atoms with Gasteiger partial charge in [0.05, 0.1) is 5.75 Å². The van der Waals surface area contributed by atoms with Crippen LogP contribution in [0, 0.1) is 5.82 Å². The van der Waals surface area contributed by atoms with Crippen LogP contribution in [0.3, 0.4) is 0 Å². The maximum Gasteiger partial charge on any atom is 0.316 e. The number of rotatable bonds is 4. The topological polar surface area (TPSA) is 43.4 Å². The molecule has 0 aliphatic carbocycles. The van der Waals surface area contributed by atoms with Crippen LogP contribution in [0.2, 0.25) is 0 Å². The van der Waals surface area contributed by atoms with Crippen molar-refractivity contribution < 1.29 is 18.7 Å². The summed E-state index contributed by atoms with van der Waals surface area (Å²) in [4.78, 5) is 22.8. The first-order valence-corrected chi connectivity index (χ1v) is 6.40. The highest BCUT2D eigenvalue weighted by atomic mass is 32.2. The van der Waals surface area contributed by atoms with Gasteiger partial charge < -0.3 is 4.74 Å². The van der Waals surface area contributed by atoms with Crippen LogP contribution in [0.25, 0.3) is 0 Å². The fourth-order valence-electron chi connectivity index (χ4n) is 1.25. The predicted molar refractivity (Wildman–Crippen MR) is 68.4 cm³/mol. The lowest BCUT2D eigenvalue weighted by Gasteiger charge is -2.19. The highest BCUT2D eigenvalue weighted by Crippen LogP contribution is 2.23. The van der Waals surface area contributed by atoms with Crippen molar-refractivity contribution in [1.29, 1.82) is 0 Å². The van der Waals surface area contributed by atoms with Gasteiger partial charge in [0.15, 0.2) is 6.29 Å². The number of benzene rings is 1. The Kier molecular flexibility index (Phi) is 4.90. The number of carbonyl (C=O) groups is 2. The Bertz CT molecular complexity index is 452. The zero-order valence-electron chi connectivity index (χ0n) is 10.5. The van der Waals surface area contributed by atoms with Gasteiger partial charge in [-0.05, 0) is 39.0 Å². The standard InChI is InChI=1S/C13H15FO3S/c1-13(2,3)17-12(16)8-18-11-5-4-10(14)6-9(11)7-15/h4-7H,8H2,1-3H3. The number of thioether (sulfide) groups is 1. The maximum absolute atomic E-state index is 12.9. The molecule has 0 heterocycles. The molecule has 0 amide bonds. The molecular formula is C13H15FO3S. The second kappa shape index (κ2) is 6.00. The molecule has 98 valence electrons. The zero-order valence-corrected chi connectivity index (χ0v) is 11.3. The van der Waals surface area contributed by atoms with Crippen molar-refractivity contribution in [2.24, 2.45) is 0 Å². The van der Waals surface area contributed by atoms with Crippen molar-refractivity contribution in [3.63, 3.8) is 0 Å². The summed E-state index contributed by atoms with van der Waals surface area (Å²) >= 11 is 1.16. The summed E-state index contributed by atoms with van der Waals surface area (Å²) in [5.41, 5.74) is -0.294. The predicted octanol–water partition coefficient (Wildman–Crippen LogP) is 3.07. The Morgan fingerprint density at radius 2 is 2.11 bits per heavy atom. The second-order valence-corrected chi connectivity index (χ2v) is 5.69. The van der Waals surface area contributed by atoms with Crippen LogP contribution in [-0.4, -0.2) is 23.6 Å². The third-order valence-corrected chi connectivity index (χ3v) is 2.93. The number of halogens is 1. The van der Waals surface area contributed by atoms with Gasteiger partial charge in [0.25, 0.3) is 0 Å². The molecule has 0 aromatic heterocycles. The average Bonchev–Trinajstić information content (AvgIpc) is 2.24. The highest BCUT2D eigenvalue weighted by molar-refractivity contribution is 8.00. The lowest BCUT2D eigenvalue weighted by atomic mass is 10.2. The summed E-state index contributed by atoms with van der Waals surface area (Å²) in [7, 11) is 0. The Balaban J connectivity index is 2.64. The van der Waals surface area contributed by atoms with Gasteiger partial charge in [-0.25, -0.2) is 4.39 Å². The van der Waals surface area contributed by atoms with E-state index in [1.165, 1.54) is 12.1 Å². The molecular weight excluding hydrogens is 255 g/mol. The molecule has 0 aliphatic rings. The SMILES string of the molecule is CC(C)(C)OC(=O)CSc1ccc(F)cc1C=O. The Hall–Kier alpha value is -1.36. The number of hydrogen-bond acceptors (Lipinski definition) is 4. The van der Waals surface area contributed by atoms with Gasteiger partial charge in [-0.1, -0.05) is 0 Å². The van der Waals surface area contributed by atoms with E-state index in [0.717, 1.165) is 17.8 Å². The van der Waals surface area contributed by atoms with Gasteiger partial charge in [0.2, 0.25) is 0 Å². The van der Waals surface area contributed by atoms with Crippen LogP contribution in [0.4, 0.5) is 4.39 Å². The Morgan fingerprint density at radius 1 is 1.44 bits per heavy atom. The van der Waals surface area contributed by atoms with Gasteiger partial charge in [-0.3, -0.25) is 9.59 Å². The van der Waals surface area contributed by atoms with E-state index in [0.29, 0.717) is 11.2 Å². The molecule has 1 rings (SSSR count). The van der Waals surface area contributed by atoms with Crippen molar-refractivity contribution in [2.45, 2.75) is 31.3 Å². The number of aldehydes is 1. The van der Waals surface area contributed by atoms with E-state index in [4.69, 9.17) is 4.74 Å². The van der Waals surface area contributed by atoms with Crippen molar-refractivity contribution in [1.82, 2.24) is 0 Å². The lowest BCUT2D eigenvalue weighted by Crippen LogP contribution is -2.24.